The molecule has 0 aliphatic carbocycles. The molecule has 1 saturated heterocycles. The van der Waals surface area contributed by atoms with E-state index in [2.05, 4.69) is 24.1 Å². The van der Waals surface area contributed by atoms with Gasteiger partial charge in [-0.05, 0) is 49.2 Å². The molecule has 7 heteroatoms. The van der Waals surface area contributed by atoms with E-state index in [1.54, 1.807) is 35.6 Å². The first-order valence-electron chi connectivity index (χ1n) is 9.60. The average molecular weight is 413 g/mol. The molecule has 2 aromatic heterocycles. The van der Waals surface area contributed by atoms with Gasteiger partial charge in [0.2, 0.25) is 0 Å². The maximum atomic E-state index is 12.7. The zero-order chi connectivity index (χ0) is 20.4. The van der Waals surface area contributed by atoms with Crippen molar-refractivity contribution in [1.29, 1.82) is 0 Å². The van der Waals surface area contributed by atoms with E-state index in [-0.39, 0.29) is 23.5 Å². The van der Waals surface area contributed by atoms with Crippen molar-refractivity contribution in [3.05, 3.63) is 70.0 Å². The van der Waals surface area contributed by atoms with Crippen LogP contribution < -0.4 is 5.32 Å². The van der Waals surface area contributed by atoms with E-state index in [9.17, 15) is 9.90 Å². The second-order valence-electron chi connectivity index (χ2n) is 7.10. The van der Waals surface area contributed by atoms with Gasteiger partial charge in [-0.1, -0.05) is 12.1 Å². The highest BCUT2D eigenvalue weighted by Crippen LogP contribution is 2.42. The van der Waals surface area contributed by atoms with Crippen LogP contribution in [-0.2, 0) is 4.74 Å². The molecule has 1 amide bonds. The topological polar surface area (TPSA) is 74.9 Å². The van der Waals surface area contributed by atoms with Crippen molar-refractivity contribution in [3.63, 3.8) is 0 Å². The number of rotatable bonds is 5. The van der Waals surface area contributed by atoms with Crippen LogP contribution in [-0.4, -0.2) is 42.2 Å². The number of thiophene rings is 1. The van der Waals surface area contributed by atoms with Crippen LogP contribution in [0.1, 0.15) is 38.2 Å². The first-order chi connectivity index (χ1) is 14.0. The van der Waals surface area contributed by atoms with Crippen molar-refractivity contribution >= 4 is 22.2 Å². The van der Waals surface area contributed by atoms with Gasteiger partial charge in [0.05, 0.1) is 25.5 Å². The zero-order valence-electron chi connectivity index (χ0n) is 16.5. The number of aromatic hydroxyl groups is 1. The molecule has 152 valence electrons. The third-order valence-corrected chi connectivity index (χ3v) is 6.44. The molecular formula is C22H24N2O4S. The lowest BCUT2D eigenvalue weighted by atomic mass is 9.94. The predicted molar refractivity (Wildman–Crippen MR) is 113 cm³/mol. The standard InChI is InChI=1S/C22H24N2O4S/c1-14-15(2)29-22(23-21(26)18-4-3-11-28-18)19(14)20(24-9-12-27-13-10-24)16-5-7-17(25)8-6-16/h3-8,11,20,25H,9-10,12-13H2,1-2H3,(H,23,26)/t20-/m0/s1. The van der Waals surface area contributed by atoms with Crippen LogP contribution in [0.15, 0.2) is 47.1 Å². The van der Waals surface area contributed by atoms with Gasteiger partial charge in [-0.15, -0.1) is 11.3 Å². The monoisotopic (exact) mass is 412 g/mol. The molecule has 0 bridgehead atoms. The predicted octanol–water partition coefficient (Wildman–Crippen LogP) is 4.34. The molecule has 29 heavy (non-hydrogen) atoms. The van der Waals surface area contributed by atoms with E-state index < -0.39 is 0 Å². The summed E-state index contributed by atoms with van der Waals surface area (Å²) in [5.41, 5.74) is 3.31. The second kappa shape index (κ2) is 8.41. The summed E-state index contributed by atoms with van der Waals surface area (Å²) in [7, 11) is 0. The van der Waals surface area contributed by atoms with Crippen molar-refractivity contribution < 1.29 is 19.1 Å². The highest BCUT2D eigenvalue weighted by Gasteiger charge is 2.30. The number of phenolic OH excluding ortho intramolecular Hbond substituents is 1. The number of amides is 1. The number of anilines is 1. The number of benzene rings is 1. The highest BCUT2D eigenvalue weighted by atomic mass is 32.1. The summed E-state index contributed by atoms with van der Waals surface area (Å²) in [6.45, 7) is 7.10. The molecule has 2 N–H and O–H groups in total. The number of phenols is 1. The second-order valence-corrected chi connectivity index (χ2v) is 8.32. The molecular weight excluding hydrogens is 388 g/mol. The molecule has 1 aliphatic heterocycles. The Kier molecular flexibility index (Phi) is 5.71. The minimum atomic E-state index is -0.260. The molecule has 0 unspecified atom stereocenters. The van der Waals surface area contributed by atoms with Crippen LogP contribution >= 0.6 is 11.3 Å². The summed E-state index contributed by atoms with van der Waals surface area (Å²) in [5.74, 6) is 0.259. The summed E-state index contributed by atoms with van der Waals surface area (Å²) >= 11 is 1.58. The number of nitrogens with zero attached hydrogens (tertiary/aromatic N) is 1. The highest BCUT2D eigenvalue weighted by molar-refractivity contribution is 7.16. The van der Waals surface area contributed by atoms with Gasteiger partial charge in [-0.3, -0.25) is 9.69 Å². The number of carbonyl (C=O) groups is 1. The molecule has 0 saturated carbocycles. The number of ether oxygens (including phenoxy) is 1. The SMILES string of the molecule is Cc1sc(NC(=O)c2ccco2)c([C@H](c2ccc(O)cc2)N2CCOCC2)c1C. The maximum absolute atomic E-state index is 12.7. The number of carbonyl (C=O) groups excluding carboxylic acids is 1. The van der Waals surface area contributed by atoms with E-state index in [4.69, 9.17) is 9.15 Å². The summed E-state index contributed by atoms with van der Waals surface area (Å²) in [4.78, 5) is 16.2. The Morgan fingerprint density at radius 3 is 2.55 bits per heavy atom. The van der Waals surface area contributed by atoms with Crippen molar-refractivity contribution in [2.24, 2.45) is 0 Å². The zero-order valence-corrected chi connectivity index (χ0v) is 17.3. The van der Waals surface area contributed by atoms with E-state index in [1.807, 2.05) is 12.1 Å². The molecule has 0 spiro atoms. The van der Waals surface area contributed by atoms with Crippen LogP contribution in [0.2, 0.25) is 0 Å². The summed E-state index contributed by atoms with van der Waals surface area (Å²) in [5, 5.41) is 13.6. The fraction of sp³-hybridized carbons (Fsp3) is 0.318. The summed E-state index contributed by atoms with van der Waals surface area (Å²) in [6, 6.07) is 10.6. The quantitative estimate of drug-likeness (QED) is 0.652. The van der Waals surface area contributed by atoms with Gasteiger partial charge in [0, 0.05) is 23.5 Å². The van der Waals surface area contributed by atoms with Crippen molar-refractivity contribution in [2.45, 2.75) is 19.9 Å². The van der Waals surface area contributed by atoms with Gasteiger partial charge >= 0.3 is 0 Å². The van der Waals surface area contributed by atoms with Gasteiger partial charge in [0.15, 0.2) is 5.76 Å². The Morgan fingerprint density at radius 1 is 1.17 bits per heavy atom. The molecule has 1 aromatic carbocycles. The van der Waals surface area contributed by atoms with Gasteiger partial charge in [0.1, 0.15) is 10.8 Å². The number of aryl methyl sites for hydroxylation is 1. The third-order valence-electron chi connectivity index (χ3n) is 5.30. The molecule has 6 nitrogen and oxygen atoms in total. The van der Waals surface area contributed by atoms with Crippen LogP contribution in [0.4, 0.5) is 5.00 Å². The fourth-order valence-corrected chi connectivity index (χ4v) is 4.78. The lowest BCUT2D eigenvalue weighted by molar-refractivity contribution is 0.0240. The number of hydrogen-bond acceptors (Lipinski definition) is 6. The lowest BCUT2D eigenvalue weighted by Crippen LogP contribution is -2.39. The Labute approximate surface area is 173 Å². The Bertz CT molecular complexity index is 973. The summed E-state index contributed by atoms with van der Waals surface area (Å²) in [6.07, 6.45) is 1.49. The lowest BCUT2D eigenvalue weighted by Gasteiger charge is -2.35. The smallest absolute Gasteiger partial charge is 0.291 e. The minimum Gasteiger partial charge on any atom is -0.508 e. The maximum Gasteiger partial charge on any atom is 0.291 e. The Balaban J connectivity index is 1.77. The summed E-state index contributed by atoms with van der Waals surface area (Å²) < 4.78 is 10.8. The van der Waals surface area contributed by atoms with Gasteiger partial charge in [-0.2, -0.15) is 0 Å². The van der Waals surface area contributed by atoms with E-state index in [0.29, 0.717) is 13.2 Å². The van der Waals surface area contributed by atoms with Crippen LogP contribution in [0.5, 0.6) is 5.75 Å². The van der Waals surface area contributed by atoms with E-state index >= 15 is 0 Å². The van der Waals surface area contributed by atoms with Gasteiger partial charge in [-0.25, -0.2) is 0 Å². The molecule has 3 heterocycles. The van der Waals surface area contributed by atoms with Crippen molar-refractivity contribution in [1.82, 2.24) is 4.90 Å². The fourth-order valence-electron chi connectivity index (χ4n) is 3.69. The normalized spacial score (nSPS) is 15.9. The van der Waals surface area contributed by atoms with Crippen LogP contribution in [0.25, 0.3) is 0 Å². The van der Waals surface area contributed by atoms with Crippen LogP contribution in [0, 0.1) is 13.8 Å². The van der Waals surface area contributed by atoms with E-state index in [1.165, 1.54) is 6.26 Å². The first kappa shape index (κ1) is 19.7. The van der Waals surface area contributed by atoms with E-state index in [0.717, 1.165) is 39.7 Å². The molecule has 3 aromatic rings. The largest absolute Gasteiger partial charge is 0.508 e. The Hall–Kier alpha value is -2.61. The molecule has 0 radical (unpaired) electrons. The number of nitrogens with one attached hydrogen (secondary N) is 1. The number of hydrogen-bond donors (Lipinski definition) is 2. The molecule has 1 atom stereocenters. The number of furan rings is 1. The number of morpholine rings is 1. The molecule has 4 rings (SSSR count). The third kappa shape index (κ3) is 4.07. The van der Waals surface area contributed by atoms with Gasteiger partial charge < -0.3 is 19.6 Å². The molecule has 1 aliphatic rings. The average Bonchev–Trinajstić information content (AvgIpc) is 3.35. The molecule has 1 fully saturated rings. The van der Waals surface area contributed by atoms with Crippen molar-refractivity contribution in [3.8, 4) is 5.75 Å². The van der Waals surface area contributed by atoms with Gasteiger partial charge in [0.25, 0.3) is 5.91 Å². The van der Waals surface area contributed by atoms with Crippen LogP contribution in [0.3, 0.4) is 0 Å². The van der Waals surface area contributed by atoms with Crippen molar-refractivity contribution in [2.75, 3.05) is 31.6 Å². The first-order valence-corrected chi connectivity index (χ1v) is 10.4. The minimum absolute atomic E-state index is 0.0450. The Morgan fingerprint density at radius 2 is 1.90 bits per heavy atom.